The van der Waals surface area contributed by atoms with E-state index in [-0.39, 0.29) is 0 Å². The van der Waals surface area contributed by atoms with Crippen LogP contribution in [0.5, 0.6) is 0 Å². The van der Waals surface area contributed by atoms with Gasteiger partial charge in [-0.1, -0.05) is 36.4 Å². The number of hydrogen-bond acceptors (Lipinski definition) is 2. The number of aromatic amines is 1. The summed E-state index contributed by atoms with van der Waals surface area (Å²) in [4.78, 5) is 12.8. The Bertz CT molecular complexity index is 1090. The fraction of sp³-hybridized carbons (Fsp3) is 0. The number of nitrogens with zero attached hydrogens (tertiary/aromatic N) is 2. The summed E-state index contributed by atoms with van der Waals surface area (Å²) in [5.41, 5.74) is 5.18. The zero-order valence-electron chi connectivity index (χ0n) is 11.2. The Morgan fingerprint density at radius 1 is 0.810 bits per heavy atom. The lowest BCUT2D eigenvalue weighted by Crippen LogP contribution is -1.73. The Morgan fingerprint density at radius 2 is 1.62 bits per heavy atom. The number of hydrogen-bond donors (Lipinski definition) is 1. The predicted molar refractivity (Wildman–Crippen MR) is 85.5 cm³/mol. The Kier molecular flexibility index (Phi) is 1.95. The van der Waals surface area contributed by atoms with Crippen molar-refractivity contribution in [2.75, 3.05) is 0 Å². The van der Waals surface area contributed by atoms with Crippen molar-refractivity contribution >= 4 is 32.8 Å². The minimum atomic E-state index is 0.883. The van der Waals surface area contributed by atoms with Gasteiger partial charge in [-0.2, -0.15) is 0 Å². The molecule has 1 N–H and O–H groups in total. The molecule has 0 bridgehead atoms. The van der Waals surface area contributed by atoms with Crippen LogP contribution in [0.2, 0.25) is 0 Å². The molecular formula is C18H11N3. The molecular weight excluding hydrogens is 258 g/mol. The van der Waals surface area contributed by atoms with Gasteiger partial charge in [-0.15, -0.1) is 0 Å². The average Bonchev–Trinajstić information content (AvgIpc) is 3.00. The van der Waals surface area contributed by atoms with Gasteiger partial charge in [0.05, 0.1) is 16.6 Å². The largest absolute Gasteiger partial charge is 0.339 e. The first kappa shape index (κ1) is 10.8. The van der Waals surface area contributed by atoms with Crippen LogP contribution >= 0.6 is 0 Å². The molecule has 0 saturated carbocycles. The molecule has 2 aliphatic rings. The number of benzene rings is 2. The highest BCUT2D eigenvalue weighted by molar-refractivity contribution is 6.15. The molecule has 2 aromatic carbocycles. The fourth-order valence-corrected chi connectivity index (χ4v) is 3.12. The number of para-hydroxylation sites is 2. The molecule has 5 rings (SSSR count). The Hall–Kier alpha value is -2.94. The zero-order chi connectivity index (χ0) is 13.8. The molecule has 21 heavy (non-hydrogen) atoms. The van der Waals surface area contributed by atoms with Gasteiger partial charge in [-0.25, -0.2) is 9.97 Å². The minimum Gasteiger partial charge on any atom is -0.339 e. The highest BCUT2D eigenvalue weighted by Crippen LogP contribution is 2.37. The first-order valence-corrected chi connectivity index (χ1v) is 6.96. The Labute approximate surface area is 120 Å². The van der Waals surface area contributed by atoms with Gasteiger partial charge in [0.25, 0.3) is 0 Å². The second-order valence-corrected chi connectivity index (χ2v) is 5.23. The van der Waals surface area contributed by atoms with Crippen molar-refractivity contribution in [2.45, 2.75) is 0 Å². The second-order valence-electron chi connectivity index (χ2n) is 5.23. The maximum Gasteiger partial charge on any atom is 0.140 e. The molecule has 0 radical (unpaired) electrons. The molecule has 0 amide bonds. The molecule has 0 unspecified atom stereocenters. The van der Waals surface area contributed by atoms with Crippen LogP contribution in [-0.2, 0) is 0 Å². The van der Waals surface area contributed by atoms with E-state index in [9.17, 15) is 0 Å². The van der Waals surface area contributed by atoms with Crippen LogP contribution in [0.4, 0.5) is 0 Å². The van der Waals surface area contributed by atoms with E-state index in [1.807, 2.05) is 24.4 Å². The fourth-order valence-electron chi connectivity index (χ4n) is 3.12. The SMILES string of the molecule is c1ccc2c3ccnc4[nH]c5ccccc5c4c-3nc2c1. The van der Waals surface area contributed by atoms with E-state index in [2.05, 4.69) is 46.4 Å². The number of H-pyrrole nitrogens is 1. The van der Waals surface area contributed by atoms with E-state index in [1.54, 1.807) is 0 Å². The van der Waals surface area contributed by atoms with E-state index < -0.39 is 0 Å². The highest BCUT2D eigenvalue weighted by atomic mass is 14.9. The number of fused-ring (bicyclic) bond motifs is 7. The first-order valence-electron chi connectivity index (χ1n) is 6.96. The number of nitrogens with one attached hydrogen (secondary N) is 1. The predicted octanol–water partition coefficient (Wildman–Crippen LogP) is 4.37. The molecule has 0 saturated heterocycles. The summed E-state index contributed by atoms with van der Waals surface area (Å²) < 4.78 is 0. The van der Waals surface area contributed by atoms with Crippen LogP contribution in [0.3, 0.4) is 0 Å². The average molecular weight is 269 g/mol. The van der Waals surface area contributed by atoms with E-state index in [1.165, 1.54) is 10.8 Å². The topological polar surface area (TPSA) is 41.6 Å². The summed E-state index contributed by atoms with van der Waals surface area (Å²) in [6, 6.07) is 18.6. The van der Waals surface area contributed by atoms with Gasteiger partial charge >= 0.3 is 0 Å². The lowest BCUT2D eigenvalue weighted by Gasteiger charge is -1.94. The summed E-state index contributed by atoms with van der Waals surface area (Å²) in [5.74, 6) is 0. The van der Waals surface area contributed by atoms with Crippen LogP contribution in [0.1, 0.15) is 0 Å². The van der Waals surface area contributed by atoms with E-state index >= 15 is 0 Å². The molecule has 0 spiro atoms. The molecule has 2 aliphatic heterocycles. The van der Waals surface area contributed by atoms with Crippen molar-refractivity contribution in [1.82, 2.24) is 15.0 Å². The summed E-state index contributed by atoms with van der Waals surface area (Å²) in [6.45, 7) is 0. The van der Waals surface area contributed by atoms with Gasteiger partial charge < -0.3 is 4.98 Å². The first-order chi connectivity index (χ1) is 10.4. The maximum absolute atomic E-state index is 4.85. The Morgan fingerprint density at radius 3 is 2.57 bits per heavy atom. The van der Waals surface area contributed by atoms with Gasteiger partial charge in [-0.3, -0.25) is 0 Å². The second kappa shape index (κ2) is 3.79. The molecule has 0 aliphatic carbocycles. The van der Waals surface area contributed by atoms with E-state index in [0.717, 1.165) is 33.3 Å². The normalized spacial score (nSPS) is 11.8. The van der Waals surface area contributed by atoms with E-state index in [0.29, 0.717) is 0 Å². The minimum absolute atomic E-state index is 0.883. The van der Waals surface area contributed by atoms with Crippen LogP contribution in [0.15, 0.2) is 60.8 Å². The Balaban J connectivity index is 2.10. The van der Waals surface area contributed by atoms with Crippen LogP contribution < -0.4 is 0 Å². The van der Waals surface area contributed by atoms with Crippen LogP contribution in [0, 0.1) is 0 Å². The van der Waals surface area contributed by atoms with Crippen molar-refractivity contribution in [1.29, 1.82) is 0 Å². The summed E-state index contributed by atoms with van der Waals surface area (Å²) in [7, 11) is 0. The third-order valence-corrected chi connectivity index (χ3v) is 4.05. The maximum atomic E-state index is 4.85. The van der Waals surface area contributed by atoms with Crippen molar-refractivity contribution in [3.63, 3.8) is 0 Å². The van der Waals surface area contributed by atoms with Gasteiger partial charge in [0.1, 0.15) is 5.65 Å². The summed E-state index contributed by atoms with van der Waals surface area (Å²) >= 11 is 0. The van der Waals surface area contributed by atoms with Crippen molar-refractivity contribution in [3.05, 3.63) is 60.8 Å². The lowest BCUT2D eigenvalue weighted by atomic mass is 10.1. The third kappa shape index (κ3) is 1.37. The van der Waals surface area contributed by atoms with Gasteiger partial charge in [0.2, 0.25) is 0 Å². The molecule has 3 heterocycles. The van der Waals surface area contributed by atoms with E-state index in [4.69, 9.17) is 4.98 Å². The molecule has 0 atom stereocenters. The molecule has 0 fully saturated rings. The zero-order valence-corrected chi connectivity index (χ0v) is 11.2. The van der Waals surface area contributed by atoms with Gasteiger partial charge in [-0.05, 0) is 18.2 Å². The van der Waals surface area contributed by atoms with Gasteiger partial charge in [0.15, 0.2) is 0 Å². The molecule has 1 aromatic heterocycles. The molecule has 3 aromatic rings. The molecule has 3 heteroatoms. The highest BCUT2D eigenvalue weighted by Gasteiger charge is 2.16. The number of aromatic nitrogens is 3. The van der Waals surface area contributed by atoms with Crippen molar-refractivity contribution in [2.24, 2.45) is 0 Å². The smallest absolute Gasteiger partial charge is 0.140 e. The summed E-state index contributed by atoms with van der Waals surface area (Å²) in [6.07, 6.45) is 1.86. The van der Waals surface area contributed by atoms with Crippen LogP contribution in [-0.4, -0.2) is 15.0 Å². The molecule has 3 nitrogen and oxygen atoms in total. The lowest BCUT2D eigenvalue weighted by molar-refractivity contribution is 1.36. The van der Waals surface area contributed by atoms with Crippen molar-refractivity contribution in [3.8, 4) is 11.3 Å². The van der Waals surface area contributed by atoms with Gasteiger partial charge in [0, 0.05) is 28.0 Å². The third-order valence-electron chi connectivity index (χ3n) is 4.05. The van der Waals surface area contributed by atoms with Crippen molar-refractivity contribution < 1.29 is 0 Å². The number of rotatable bonds is 0. The van der Waals surface area contributed by atoms with Crippen LogP contribution in [0.25, 0.3) is 44.1 Å². The standard InChI is InChI=1S/C18H11N3/c1-3-7-14-11(5-1)12-9-10-19-18-16(17(12)20-14)13-6-2-4-8-15(13)21-18/h1-10H,(H,19,21). The summed E-state index contributed by atoms with van der Waals surface area (Å²) in [5, 5.41) is 3.45. The molecule has 98 valence electrons. The quantitative estimate of drug-likeness (QED) is 0.453. The monoisotopic (exact) mass is 269 g/mol.